The number of amides is 2. The molecule has 0 saturated carbocycles. The molecule has 6 heteroatoms. The lowest BCUT2D eigenvalue weighted by molar-refractivity contribution is -0.147. The summed E-state index contributed by atoms with van der Waals surface area (Å²) in [5.41, 5.74) is -1.12. The van der Waals surface area contributed by atoms with Gasteiger partial charge in [0.2, 0.25) is 11.8 Å². The molecule has 1 aromatic rings. The van der Waals surface area contributed by atoms with Crippen molar-refractivity contribution in [1.82, 2.24) is 10.1 Å². The van der Waals surface area contributed by atoms with Crippen LogP contribution >= 0.6 is 0 Å². The van der Waals surface area contributed by atoms with E-state index in [9.17, 15) is 9.59 Å². The van der Waals surface area contributed by atoms with Crippen LogP contribution in [0, 0.1) is 18.3 Å². The zero-order valence-corrected chi connectivity index (χ0v) is 13.1. The van der Waals surface area contributed by atoms with E-state index in [1.807, 2.05) is 0 Å². The normalized spacial score (nSPS) is 16.9. The van der Waals surface area contributed by atoms with Gasteiger partial charge < -0.3 is 14.7 Å². The second-order valence-electron chi connectivity index (χ2n) is 6.38. The number of aromatic nitrogens is 1. The lowest BCUT2D eigenvalue weighted by Gasteiger charge is -2.35. The van der Waals surface area contributed by atoms with Gasteiger partial charge in [-0.05, 0) is 39.5 Å². The van der Waals surface area contributed by atoms with E-state index in [2.05, 4.69) is 17.4 Å². The van der Waals surface area contributed by atoms with Gasteiger partial charge in [-0.2, -0.15) is 0 Å². The van der Waals surface area contributed by atoms with Crippen molar-refractivity contribution < 1.29 is 14.1 Å². The van der Waals surface area contributed by atoms with Crippen LogP contribution in [0.1, 0.15) is 39.4 Å². The molecule has 1 aliphatic rings. The Bertz CT molecular complexity index is 528. The summed E-state index contributed by atoms with van der Waals surface area (Å²) in [6.07, 6.45) is 1.98. The molecule has 1 aliphatic heterocycles. The Labute approximate surface area is 124 Å². The van der Waals surface area contributed by atoms with Crippen LogP contribution in [0.2, 0.25) is 0 Å². The van der Waals surface area contributed by atoms with Crippen molar-refractivity contribution in [2.45, 2.75) is 40.5 Å². The number of nitrogens with zero attached hydrogens (tertiary/aromatic N) is 2. The summed E-state index contributed by atoms with van der Waals surface area (Å²) in [6.45, 7) is 8.67. The quantitative estimate of drug-likeness (QED) is 0.867. The molecule has 1 aromatic heterocycles. The van der Waals surface area contributed by atoms with E-state index in [4.69, 9.17) is 4.52 Å². The van der Waals surface area contributed by atoms with Crippen molar-refractivity contribution in [3.8, 4) is 0 Å². The number of piperidine rings is 1. The molecule has 0 unspecified atom stereocenters. The largest absolute Gasteiger partial charge is 0.360 e. The van der Waals surface area contributed by atoms with E-state index in [-0.39, 0.29) is 11.8 Å². The predicted molar refractivity (Wildman–Crippen MR) is 78.6 cm³/mol. The molecule has 1 saturated heterocycles. The predicted octanol–water partition coefficient (Wildman–Crippen LogP) is 2.21. The van der Waals surface area contributed by atoms with Gasteiger partial charge in [0, 0.05) is 19.2 Å². The molecule has 0 spiro atoms. The van der Waals surface area contributed by atoms with Gasteiger partial charge in [0.1, 0.15) is 11.2 Å². The number of likely N-dealkylation sites (tertiary alicyclic amines) is 1. The Morgan fingerprint density at radius 3 is 2.52 bits per heavy atom. The molecular weight excluding hydrogens is 270 g/mol. The maximum Gasteiger partial charge on any atom is 0.240 e. The number of carbonyl (C=O) groups is 2. The Hall–Kier alpha value is -1.85. The summed E-state index contributed by atoms with van der Waals surface area (Å²) < 4.78 is 4.91. The molecule has 2 heterocycles. The van der Waals surface area contributed by atoms with Gasteiger partial charge in [-0.15, -0.1) is 0 Å². The van der Waals surface area contributed by atoms with Gasteiger partial charge >= 0.3 is 0 Å². The van der Waals surface area contributed by atoms with Crippen LogP contribution in [-0.4, -0.2) is 35.0 Å². The van der Waals surface area contributed by atoms with Gasteiger partial charge in [0.15, 0.2) is 5.82 Å². The minimum atomic E-state index is -1.12. The minimum absolute atomic E-state index is 0.132. The average Bonchev–Trinajstić information content (AvgIpc) is 2.84. The van der Waals surface area contributed by atoms with Crippen molar-refractivity contribution >= 4 is 17.6 Å². The SMILES string of the molecule is Cc1cc(NC(=O)C(C)(C)C(=O)N2CCC(C)CC2)no1. The molecule has 0 aromatic carbocycles. The number of nitrogens with one attached hydrogen (secondary N) is 1. The Balaban J connectivity index is 2.02. The first kappa shape index (κ1) is 15.5. The molecule has 6 nitrogen and oxygen atoms in total. The van der Waals surface area contributed by atoms with Crippen LogP contribution in [0.25, 0.3) is 0 Å². The third-order valence-electron chi connectivity index (χ3n) is 4.04. The van der Waals surface area contributed by atoms with Gasteiger partial charge in [-0.3, -0.25) is 9.59 Å². The summed E-state index contributed by atoms with van der Waals surface area (Å²) in [5.74, 6) is 1.10. The van der Waals surface area contributed by atoms with Gasteiger partial charge in [-0.25, -0.2) is 0 Å². The molecule has 2 amide bonds. The van der Waals surface area contributed by atoms with Crippen LogP contribution < -0.4 is 5.32 Å². The Morgan fingerprint density at radius 2 is 2.00 bits per heavy atom. The van der Waals surface area contributed by atoms with E-state index in [0.29, 0.717) is 17.5 Å². The van der Waals surface area contributed by atoms with Crippen LogP contribution in [0.15, 0.2) is 10.6 Å². The fourth-order valence-electron chi connectivity index (χ4n) is 2.40. The van der Waals surface area contributed by atoms with E-state index >= 15 is 0 Å². The van der Waals surface area contributed by atoms with E-state index < -0.39 is 5.41 Å². The molecule has 0 bridgehead atoms. The summed E-state index contributed by atoms with van der Waals surface area (Å²) in [5, 5.41) is 6.36. The first-order chi connectivity index (χ1) is 9.80. The Kier molecular flexibility index (Phi) is 4.34. The molecule has 116 valence electrons. The highest BCUT2D eigenvalue weighted by atomic mass is 16.5. The summed E-state index contributed by atoms with van der Waals surface area (Å²) in [7, 11) is 0. The Morgan fingerprint density at radius 1 is 1.38 bits per heavy atom. The molecule has 1 fully saturated rings. The molecule has 1 N–H and O–H groups in total. The third kappa shape index (κ3) is 3.43. The van der Waals surface area contributed by atoms with Crippen LogP contribution in [0.4, 0.5) is 5.82 Å². The summed E-state index contributed by atoms with van der Waals surface area (Å²) >= 11 is 0. The number of rotatable bonds is 3. The topological polar surface area (TPSA) is 75.4 Å². The average molecular weight is 293 g/mol. The van der Waals surface area contributed by atoms with E-state index in [1.54, 1.807) is 31.7 Å². The first-order valence-electron chi connectivity index (χ1n) is 7.35. The summed E-state index contributed by atoms with van der Waals surface area (Å²) in [4.78, 5) is 26.7. The zero-order valence-electron chi connectivity index (χ0n) is 13.1. The highest BCUT2D eigenvalue weighted by Crippen LogP contribution is 2.25. The maximum atomic E-state index is 12.6. The number of hydrogen-bond donors (Lipinski definition) is 1. The van der Waals surface area contributed by atoms with Gasteiger partial charge in [-0.1, -0.05) is 12.1 Å². The van der Waals surface area contributed by atoms with Crippen molar-refractivity contribution in [1.29, 1.82) is 0 Å². The standard InChI is InChI=1S/C15H23N3O3/c1-10-5-7-18(8-6-10)14(20)15(3,4)13(19)16-12-9-11(2)21-17-12/h9-10H,5-8H2,1-4H3,(H,16,17,19). The number of carbonyl (C=O) groups excluding carboxylic acids is 2. The van der Waals surface area contributed by atoms with Crippen LogP contribution in [-0.2, 0) is 9.59 Å². The smallest absolute Gasteiger partial charge is 0.240 e. The monoisotopic (exact) mass is 293 g/mol. The second kappa shape index (κ2) is 5.87. The lowest BCUT2D eigenvalue weighted by Crippen LogP contribution is -2.49. The molecule has 21 heavy (non-hydrogen) atoms. The molecule has 0 atom stereocenters. The number of hydrogen-bond acceptors (Lipinski definition) is 4. The van der Waals surface area contributed by atoms with Crippen LogP contribution in [0.3, 0.4) is 0 Å². The first-order valence-corrected chi connectivity index (χ1v) is 7.35. The van der Waals surface area contributed by atoms with Crippen molar-refractivity contribution in [2.75, 3.05) is 18.4 Å². The third-order valence-corrected chi connectivity index (χ3v) is 4.04. The molecule has 2 rings (SSSR count). The molecular formula is C15H23N3O3. The van der Waals surface area contributed by atoms with Crippen LogP contribution in [0.5, 0.6) is 0 Å². The lowest BCUT2D eigenvalue weighted by atomic mass is 9.88. The van der Waals surface area contributed by atoms with Crippen molar-refractivity contribution in [3.63, 3.8) is 0 Å². The number of anilines is 1. The second-order valence-corrected chi connectivity index (χ2v) is 6.38. The minimum Gasteiger partial charge on any atom is -0.360 e. The van der Waals surface area contributed by atoms with E-state index in [0.717, 1.165) is 25.9 Å². The fourth-order valence-corrected chi connectivity index (χ4v) is 2.40. The molecule has 0 aliphatic carbocycles. The highest BCUT2D eigenvalue weighted by molar-refractivity contribution is 6.09. The highest BCUT2D eigenvalue weighted by Gasteiger charge is 2.40. The van der Waals surface area contributed by atoms with E-state index in [1.165, 1.54) is 0 Å². The zero-order chi connectivity index (χ0) is 15.6. The fraction of sp³-hybridized carbons (Fsp3) is 0.667. The maximum absolute atomic E-state index is 12.6. The van der Waals surface area contributed by atoms with Gasteiger partial charge in [0.05, 0.1) is 0 Å². The van der Waals surface area contributed by atoms with Crippen molar-refractivity contribution in [3.05, 3.63) is 11.8 Å². The number of aryl methyl sites for hydroxylation is 1. The summed E-state index contributed by atoms with van der Waals surface area (Å²) in [6, 6.07) is 1.63. The van der Waals surface area contributed by atoms with Crippen molar-refractivity contribution in [2.24, 2.45) is 11.3 Å². The van der Waals surface area contributed by atoms with Gasteiger partial charge in [0.25, 0.3) is 0 Å². The molecule has 0 radical (unpaired) electrons.